The fourth-order valence-corrected chi connectivity index (χ4v) is 3.36. The summed E-state index contributed by atoms with van der Waals surface area (Å²) in [5, 5.41) is 11.0. The van der Waals surface area contributed by atoms with Gasteiger partial charge < -0.3 is 10.3 Å². The van der Waals surface area contributed by atoms with Gasteiger partial charge in [0.05, 0.1) is 10.6 Å². The van der Waals surface area contributed by atoms with Crippen molar-refractivity contribution in [3.8, 4) is 0 Å². The Hall–Kier alpha value is -1.86. The highest BCUT2D eigenvalue weighted by Gasteiger charge is 2.29. The van der Waals surface area contributed by atoms with Crippen LogP contribution in [0.25, 0.3) is 0 Å². The third kappa shape index (κ3) is 2.93. The molecule has 3 N–H and O–H groups in total. The number of non-ortho nitro benzene ring substituents is 1. The van der Waals surface area contributed by atoms with Gasteiger partial charge in [0, 0.05) is 43.5 Å². The number of benzene rings is 1. The molecule has 2 heterocycles. The number of fused-ring (bicyclic) bond motifs is 1. The number of nitrogens with one attached hydrogen (secondary N) is 1. The molecule has 2 aliphatic rings. The molecule has 7 heteroatoms. The third-order valence-corrected chi connectivity index (χ3v) is 4.48. The number of nitrogens with zero attached hydrogens (tertiary/aromatic N) is 3. The van der Waals surface area contributed by atoms with E-state index in [1.807, 2.05) is 6.07 Å². The van der Waals surface area contributed by atoms with Crippen molar-refractivity contribution in [3.63, 3.8) is 0 Å². The molecule has 1 aromatic rings. The quantitative estimate of drug-likeness (QED) is 0.499. The number of nitrogens with two attached hydrogens (primary N) is 1. The molecule has 0 bridgehead atoms. The van der Waals surface area contributed by atoms with Gasteiger partial charge in [-0.2, -0.15) is 0 Å². The van der Waals surface area contributed by atoms with E-state index in [2.05, 4.69) is 15.2 Å². The average molecular weight is 291 g/mol. The van der Waals surface area contributed by atoms with Crippen molar-refractivity contribution in [2.75, 3.05) is 36.5 Å². The maximum absolute atomic E-state index is 11.0. The Morgan fingerprint density at radius 1 is 1.24 bits per heavy atom. The first-order valence-corrected chi connectivity index (χ1v) is 7.42. The number of piperidine rings is 1. The van der Waals surface area contributed by atoms with Gasteiger partial charge in [0.25, 0.3) is 5.69 Å². The zero-order valence-electron chi connectivity index (χ0n) is 12.0. The van der Waals surface area contributed by atoms with Crippen molar-refractivity contribution in [2.45, 2.75) is 25.3 Å². The van der Waals surface area contributed by atoms with E-state index in [0.29, 0.717) is 11.7 Å². The lowest BCUT2D eigenvalue weighted by molar-refractivity contribution is -0.384. The number of anilines is 2. The maximum Gasteiger partial charge on any atom is 0.273 e. The maximum atomic E-state index is 11.0. The van der Waals surface area contributed by atoms with Crippen LogP contribution in [0.2, 0.25) is 0 Å². The van der Waals surface area contributed by atoms with Gasteiger partial charge in [0.1, 0.15) is 0 Å². The summed E-state index contributed by atoms with van der Waals surface area (Å²) in [6.45, 7) is 4.05. The zero-order chi connectivity index (χ0) is 14.8. The number of hydrazine groups is 1. The summed E-state index contributed by atoms with van der Waals surface area (Å²) in [5.74, 6) is 5.42. The molecule has 0 spiro atoms. The molecule has 1 unspecified atom stereocenters. The number of rotatable bonds is 3. The Labute approximate surface area is 123 Å². The van der Waals surface area contributed by atoms with E-state index in [0.717, 1.165) is 25.3 Å². The van der Waals surface area contributed by atoms with E-state index in [-0.39, 0.29) is 10.6 Å². The molecule has 114 valence electrons. The standard InChI is InChI=1S/C14H21N5O2/c15-16-11-7-13(9-14(8-11)19(20)21)18-6-5-17-4-2-1-3-12(17)10-18/h7-9,12,16H,1-6,10,15H2. The fourth-order valence-electron chi connectivity index (χ4n) is 3.36. The Morgan fingerprint density at radius 3 is 2.86 bits per heavy atom. The molecular formula is C14H21N5O2. The van der Waals surface area contributed by atoms with Crippen molar-refractivity contribution >= 4 is 17.1 Å². The molecule has 2 fully saturated rings. The molecule has 2 saturated heterocycles. The first kappa shape index (κ1) is 14.1. The Morgan fingerprint density at radius 2 is 2.10 bits per heavy atom. The molecule has 0 radical (unpaired) electrons. The van der Waals surface area contributed by atoms with E-state index in [1.54, 1.807) is 6.07 Å². The van der Waals surface area contributed by atoms with Crippen molar-refractivity contribution < 1.29 is 4.92 Å². The SMILES string of the molecule is NNc1cc(N2CCN3CCCCC3C2)cc([N+](=O)[O-])c1. The van der Waals surface area contributed by atoms with Crippen molar-refractivity contribution in [2.24, 2.45) is 5.84 Å². The van der Waals surface area contributed by atoms with Gasteiger partial charge in [-0.05, 0) is 25.5 Å². The summed E-state index contributed by atoms with van der Waals surface area (Å²) in [6.07, 6.45) is 3.78. The minimum absolute atomic E-state index is 0.0755. The van der Waals surface area contributed by atoms with E-state index < -0.39 is 0 Å². The monoisotopic (exact) mass is 291 g/mol. The van der Waals surface area contributed by atoms with Gasteiger partial charge in [-0.1, -0.05) is 6.42 Å². The van der Waals surface area contributed by atoms with Gasteiger partial charge in [0.2, 0.25) is 0 Å². The van der Waals surface area contributed by atoms with Gasteiger partial charge >= 0.3 is 0 Å². The summed E-state index contributed by atoms with van der Waals surface area (Å²) in [7, 11) is 0. The molecule has 1 atom stereocenters. The predicted molar refractivity (Wildman–Crippen MR) is 82.3 cm³/mol. The van der Waals surface area contributed by atoms with E-state index >= 15 is 0 Å². The van der Waals surface area contributed by atoms with Crippen LogP contribution in [0.5, 0.6) is 0 Å². The first-order chi connectivity index (χ1) is 10.2. The summed E-state index contributed by atoms with van der Waals surface area (Å²) in [6, 6.07) is 5.55. The molecule has 0 aromatic heterocycles. The van der Waals surface area contributed by atoms with E-state index in [4.69, 9.17) is 5.84 Å². The van der Waals surface area contributed by atoms with Crippen LogP contribution in [-0.4, -0.2) is 42.0 Å². The highest BCUT2D eigenvalue weighted by Crippen LogP contribution is 2.30. The Balaban J connectivity index is 1.82. The molecule has 1 aromatic carbocycles. The number of nitrogen functional groups attached to an aromatic ring is 1. The molecule has 3 rings (SSSR count). The molecule has 0 amide bonds. The number of hydrogen-bond donors (Lipinski definition) is 2. The summed E-state index contributed by atoms with van der Waals surface area (Å²) in [4.78, 5) is 15.4. The minimum Gasteiger partial charge on any atom is -0.368 e. The average Bonchev–Trinajstić information content (AvgIpc) is 2.53. The molecular weight excluding hydrogens is 270 g/mol. The first-order valence-electron chi connectivity index (χ1n) is 7.42. The van der Waals surface area contributed by atoms with Gasteiger partial charge in [-0.25, -0.2) is 0 Å². The number of nitro groups is 1. The highest BCUT2D eigenvalue weighted by atomic mass is 16.6. The van der Waals surface area contributed by atoms with E-state index in [9.17, 15) is 10.1 Å². The van der Waals surface area contributed by atoms with Crippen LogP contribution in [-0.2, 0) is 0 Å². The normalized spacial score (nSPS) is 22.7. The Bertz CT molecular complexity index is 536. The van der Waals surface area contributed by atoms with Crippen LogP contribution in [0.15, 0.2) is 18.2 Å². The number of hydrogen-bond acceptors (Lipinski definition) is 6. The molecule has 21 heavy (non-hydrogen) atoms. The lowest BCUT2D eigenvalue weighted by Gasteiger charge is -2.44. The van der Waals surface area contributed by atoms with Gasteiger partial charge in [-0.15, -0.1) is 0 Å². The third-order valence-electron chi connectivity index (χ3n) is 4.48. The molecule has 0 saturated carbocycles. The predicted octanol–water partition coefficient (Wildman–Crippen LogP) is 1.55. The second-order valence-electron chi connectivity index (χ2n) is 5.77. The molecule has 0 aliphatic carbocycles. The summed E-state index contributed by atoms with van der Waals surface area (Å²) >= 11 is 0. The van der Waals surface area contributed by atoms with Crippen LogP contribution < -0.4 is 16.2 Å². The molecule has 2 aliphatic heterocycles. The van der Waals surface area contributed by atoms with Crippen LogP contribution in [0, 0.1) is 10.1 Å². The smallest absolute Gasteiger partial charge is 0.273 e. The summed E-state index contributed by atoms with van der Waals surface area (Å²) < 4.78 is 0. The van der Waals surface area contributed by atoms with Crippen molar-refractivity contribution in [1.82, 2.24) is 4.90 Å². The Kier molecular flexibility index (Phi) is 3.94. The summed E-state index contributed by atoms with van der Waals surface area (Å²) in [5.41, 5.74) is 4.04. The topological polar surface area (TPSA) is 87.7 Å². The van der Waals surface area contributed by atoms with Gasteiger partial charge in [-0.3, -0.25) is 20.9 Å². The van der Waals surface area contributed by atoms with Crippen molar-refractivity contribution in [3.05, 3.63) is 28.3 Å². The van der Waals surface area contributed by atoms with Crippen LogP contribution in [0.4, 0.5) is 17.1 Å². The number of nitro benzene ring substituents is 1. The van der Waals surface area contributed by atoms with Crippen LogP contribution in [0.3, 0.4) is 0 Å². The lowest BCUT2D eigenvalue weighted by atomic mass is 9.99. The van der Waals surface area contributed by atoms with E-state index in [1.165, 1.54) is 31.9 Å². The number of piperazine rings is 1. The van der Waals surface area contributed by atoms with Gasteiger partial charge in [0.15, 0.2) is 0 Å². The minimum atomic E-state index is -0.374. The second kappa shape index (κ2) is 5.87. The zero-order valence-corrected chi connectivity index (χ0v) is 12.0. The second-order valence-corrected chi connectivity index (χ2v) is 5.77. The fraction of sp³-hybridized carbons (Fsp3) is 0.571. The van der Waals surface area contributed by atoms with Crippen molar-refractivity contribution in [1.29, 1.82) is 0 Å². The van der Waals surface area contributed by atoms with Crippen LogP contribution in [0.1, 0.15) is 19.3 Å². The highest BCUT2D eigenvalue weighted by molar-refractivity contribution is 5.64. The molecule has 7 nitrogen and oxygen atoms in total. The van der Waals surface area contributed by atoms with Crippen LogP contribution >= 0.6 is 0 Å². The largest absolute Gasteiger partial charge is 0.368 e. The lowest BCUT2D eigenvalue weighted by Crippen LogP contribution is -2.54.